The van der Waals surface area contributed by atoms with Crippen molar-refractivity contribution in [2.75, 3.05) is 23.9 Å². The number of nitrogens with one attached hydrogen (secondary N) is 3. The molecule has 0 saturated carbocycles. The van der Waals surface area contributed by atoms with E-state index < -0.39 is 76.2 Å². The molecule has 0 unspecified atom stereocenters. The topological polar surface area (TPSA) is 179 Å². The molecule has 4 rings (SSSR count). The van der Waals surface area contributed by atoms with Crippen LogP contribution in [-0.4, -0.2) is 72.4 Å². The maximum Gasteiger partial charge on any atom is 0.330 e. The van der Waals surface area contributed by atoms with E-state index in [1.165, 1.54) is 38.9 Å². The lowest BCUT2D eigenvalue weighted by Gasteiger charge is -2.26. The minimum absolute atomic E-state index is 0.0470. The fourth-order valence-electron chi connectivity index (χ4n) is 4.82. The van der Waals surface area contributed by atoms with Gasteiger partial charge in [0.15, 0.2) is 0 Å². The van der Waals surface area contributed by atoms with Crippen LogP contribution in [0.15, 0.2) is 61.2 Å². The van der Waals surface area contributed by atoms with Crippen molar-refractivity contribution in [3.63, 3.8) is 0 Å². The van der Waals surface area contributed by atoms with Crippen LogP contribution >= 0.6 is 0 Å². The van der Waals surface area contributed by atoms with Crippen molar-refractivity contribution in [2.45, 2.75) is 45.2 Å². The van der Waals surface area contributed by atoms with Gasteiger partial charge in [-0.2, -0.15) is 13.1 Å². The van der Waals surface area contributed by atoms with Gasteiger partial charge < -0.3 is 15.1 Å². The Morgan fingerprint density at radius 2 is 1.12 bits per heavy atom. The van der Waals surface area contributed by atoms with Crippen molar-refractivity contribution in [3.8, 4) is 0 Å². The molecule has 2 heterocycles. The smallest absolute Gasteiger partial charge is 0.325 e. The summed E-state index contributed by atoms with van der Waals surface area (Å²) in [7, 11) is -2.36. The third-order valence-corrected chi connectivity index (χ3v) is 8.41. The van der Waals surface area contributed by atoms with Gasteiger partial charge in [-0.05, 0) is 48.7 Å². The summed E-state index contributed by atoms with van der Waals surface area (Å²) in [5, 5.41) is 2.20. The molecule has 3 N–H and O–H groups in total. The summed E-state index contributed by atoms with van der Waals surface area (Å²) in [6.07, 6.45) is 4.74. The average molecular weight is 732 g/mol. The number of likely N-dealkylation sites (N-methyl/N-ethyl adjacent to an activating group) is 2. The Labute approximate surface area is 290 Å². The molecule has 4 amide bonds. The fourth-order valence-corrected chi connectivity index (χ4v) is 5.74. The maximum absolute atomic E-state index is 14.0. The van der Waals surface area contributed by atoms with Gasteiger partial charge in [-0.1, -0.05) is 6.92 Å². The van der Waals surface area contributed by atoms with Crippen molar-refractivity contribution in [1.29, 1.82) is 0 Å². The second-order valence-electron chi connectivity index (χ2n) is 11.3. The van der Waals surface area contributed by atoms with Gasteiger partial charge in [0.1, 0.15) is 47.0 Å². The van der Waals surface area contributed by atoms with E-state index in [0.29, 0.717) is 30.2 Å². The van der Waals surface area contributed by atoms with Gasteiger partial charge in [0.25, 0.3) is 0 Å². The van der Waals surface area contributed by atoms with Crippen LogP contribution in [0, 0.1) is 30.2 Å². The standard InChI is InChI=1S/C32H33F4N9O5S/c1-5-29-39-16-26(17-40-29)44(3)30(46)27(10-19-6-21(33)12-22(34)7-19)41-32(48)43-51(49,50)42-28(11-20-8-23(35)13-24(36)9-20)31(47)45(4)25-14-37-18(2)38-15-25/h6-9,12-17,27-28,42H,5,10-11H2,1-4H3,(H2,41,43,48)/t27-,28-/m0/s1. The summed E-state index contributed by atoms with van der Waals surface area (Å²) in [6.45, 7) is 3.42. The van der Waals surface area contributed by atoms with Gasteiger partial charge in [-0.15, -0.1) is 0 Å². The van der Waals surface area contributed by atoms with Crippen LogP contribution in [0.2, 0.25) is 0 Å². The van der Waals surface area contributed by atoms with Gasteiger partial charge >= 0.3 is 16.2 Å². The summed E-state index contributed by atoms with van der Waals surface area (Å²) in [5.74, 6) is -4.77. The third kappa shape index (κ3) is 10.7. The fraction of sp³-hybridized carbons (Fsp3) is 0.281. The van der Waals surface area contributed by atoms with Crippen LogP contribution in [0.1, 0.15) is 29.7 Å². The molecule has 0 aliphatic rings. The molecule has 0 saturated heterocycles. The first-order chi connectivity index (χ1) is 24.0. The van der Waals surface area contributed by atoms with Crippen molar-refractivity contribution in [1.82, 2.24) is 34.7 Å². The van der Waals surface area contributed by atoms with Crippen molar-refractivity contribution in [2.24, 2.45) is 0 Å². The molecule has 14 nitrogen and oxygen atoms in total. The number of amides is 4. The normalized spacial score (nSPS) is 12.5. The number of carbonyl (C=O) groups is 3. The molecule has 51 heavy (non-hydrogen) atoms. The molecule has 19 heteroatoms. The van der Waals surface area contributed by atoms with Crippen molar-refractivity contribution >= 4 is 39.4 Å². The van der Waals surface area contributed by atoms with E-state index in [9.17, 15) is 40.4 Å². The summed E-state index contributed by atoms with van der Waals surface area (Å²) in [6, 6.07) is 0.0506. The molecule has 0 aliphatic heterocycles. The largest absolute Gasteiger partial charge is 0.330 e. The van der Waals surface area contributed by atoms with E-state index in [0.717, 1.165) is 34.1 Å². The Bertz CT molecular complexity index is 1970. The summed E-state index contributed by atoms with van der Waals surface area (Å²) in [4.78, 5) is 58.6. The molecular formula is C32H33F4N9O5S. The number of carbonyl (C=O) groups excluding carboxylic acids is 3. The summed E-state index contributed by atoms with van der Waals surface area (Å²) in [5.41, 5.74) is 0.204. The number of hydrogen-bond donors (Lipinski definition) is 3. The highest BCUT2D eigenvalue weighted by Gasteiger charge is 2.32. The van der Waals surface area contributed by atoms with E-state index in [-0.39, 0.29) is 22.5 Å². The van der Waals surface area contributed by atoms with Crippen molar-refractivity contribution < 1.29 is 40.4 Å². The Morgan fingerprint density at radius 1 is 0.706 bits per heavy atom. The Balaban J connectivity index is 1.58. The predicted octanol–water partition coefficient (Wildman–Crippen LogP) is 2.68. The van der Waals surface area contributed by atoms with E-state index in [2.05, 4.69) is 25.3 Å². The van der Waals surface area contributed by atoms with Crippen LogP contribution in [0.3, 0.4) is 0 Å². The molecule has 2 aromatic heterocycles. The zero-order valence-corrected chi connectivity index (χ0v) is 28.5. The lowest BCUT2D eigenvalue weighted by Crippen LogP contribution is -2.57. The summed E-state index contributed by atoms with van der Waals surface area (Å²) < 4.78 is 86.2. The van der Waals surface area contributed by atoms with Gasteiger partial charge in [0, 0.05) is 39.1 Å². The highest BCUT2D eigenvalue weighted by atomic mass is 32.2. The number of hydrogen-bond acceptors (Lipinski definition) is 9. The molecule has 0 bridgehead atoms. The number of aromatic nitrogens is 4. The first-order valence-electron chi connectivity index (χ1n) is 15.2. The lowest BCUT2D eigenvalue weighted by molar-refractivity contribution is -0.120. The zero-order valence-electron chi connectivity index (χ0n) is 27.7. The van der Waals surface area contributed by atoms with Crippen molar-refractivity contribution in [3.05, 3.63) is 107 Å². The van der Waals surface area contributed by atoms with Gasteiger partial charge in [0.2, 0.25) is 11.8 Å². The molecule has 0 fully saturated rings. The number of urea groups is 1. The van der Waals surface area contributed by atoms with E-state index in [1.54, 1.807) is 11.6 Å². The highest BCUT2D eigenvalue weighted by molar-refractivity contribution is 7.88. The number of halogens is 4. The monoisotopic (exact) mass is 731 g/mol. The molecule has 2 aromatic carbocycles. The van der Waals surface area contributed by atoms with Crippen LogP contribution in [-0.2, 0) is 39.1 Å². The first kappa shape index (κ1) is 38.2. The molecule has 0 spiro atoms. The number of anilines is 2. The Morgan fingerprint density at radius 3 is 1.57 bits per heavy atom. The highest BCUT2D eigenvalue weighted by Crippen LogP contribution is 2.17. The summed E-state index contributed by atoms with van der Waals surface area (Å²) >= 11 is 0. The second-order valence-corrected chi connectivity index (χ2v) is 12.7. The molecular weight excluding hydrogens is 698 g/mol. The quantitative estimate of drug-likeness (QED) is 0.174. The Kier molecular flexibility index (Phi) is 12.3. The van der Waals surface area contributed by atoms with Crippen LogP contribution in [0.5, 0.6) is 0 Å². The zero-order chi connectivity index (χ0) is 37.5. The maximum atomic E-state index is 14.0. The SMILES string of the molecule is CCc1ncc(N(C)C(=O)[C@H](Cc2cc(F)cc(F)c2)NC(=O)NS(=O)(=O)N[C@@H](Cc2cc(F)cc(F)c2)C(=O)N(C)c2cnc(C)nc2)cn1. The minimum atomic E-state index is -4.97. The molecule has 270 valence electrons. The van der Waals surface area contributed by atoms with E-state index >= 15 is 0 Å². The van der Waals surface area contributed by atoms with Crippen LogP contribution < -0.4 is 24.6 Å². The van der Waals surface area contributed by atoms with E-state index in [1.807, 2.05) is 11.6 Å². The number of nitrogens with zero attached hydrogens (tertiary/aromatic N) is 6. The van der Waals surface area contributed by atoms with Crippen LogP contribution in [0.25, 0.3) is 0 Å². The Hall–Kier alpha value is -5.56. The molecule has 0 radical (unpaired) electrons. The molecule has 2 atom stereocenters. The minimum Gasteiger partial charge on any atom is -0.325 e. The van der Waals surface area contributed by atoms with Crippen LogP contribution in [0.4, 0.5) is 33.7 Å². The third-order valence-electron chi connectivity index (χ3n) is 7.36. The lowest BCUT2D eigenvalue weighted by atomic mass is 10.0. The number of benzene rings is 2. The van der Waals surface area contributed by atoms with E-state index in [4.69, 9.17) is 0 Å². The predicted molar refractivity (Wildman–Crippen MR) is 176 cm³/mol. The van der Waals surface area contributed by atoms with Gasteiger partial charge in [0.05, 0.1) is 36.2 Å². The number of aryl methyl sites for hydroxylation is 2. The second kappa shape index (κ2) is 16.4. The first-order valence-corrected chi connectivity index (χ1v) is 16.7. The van der Waals surface area contributed by atoms with Gasteiger partial charge in [-0.25, -0.2) is 47.0 Å². The number of rotatable bonds is 13. The molecule has 0 aliphatic carbocycles. The molecule has 4 aromatic rings. The van der Waals surface area contributed by atoms with Gasteiger partial charge in [-0.3, -0.25) is 9.59 Å². The average Bonchev–Trinajstić information content (AvgIpc) is 3.05.